The summed E-state index contributed by atoms with van der Waals surface area (Å²) < 4.78 is 0. The largest absolute Gasteiger partial charge is 0.352 e. The van der Waals surface area contributed by atoms with Crippen LogP contribution < -0.4 is 10.9 Å². The van der Waals surface area contributed by atoms with Gasteiger partial charge in [-0.05, 0) is 43.9 Å². The first-order valence-electron chi connectivity index (χ1n) is 8.44. The maximum Gasteiger partial charge on any atom is 0.260 e. The molecule has 1 saturated carbocycles. The fourth-order valence-corrected chi connectivity index (χ4v) is 3.74. The number of hydrogen-bond acceptors (Lipinski definition) is 3. The number of carbonyl (C=O) groups is 1. The Morgan fingerprint density at radius 2 is 2.09 bits per heavy atom. The van der Waals surface area contributed by atoms with Crippen molar-refractivity contribution in [2.45, 2.75) is 44.6 Å². The molecule has 1 amide bonds. The predicted octanol–water partition coefficient (Wildman–Crippen LogP) is 1.76. The zero-order chi connectivity index (χ0) is 15.4. The number of hydrogen-bond donors (Lipinski definition) is 2. The van der Waals surface area contributed by atoms with E-state index in [-0.39, 0.29) is 17.0 Å². The maximum atomic E-state index is 12.1. The SMILES string of the molecule is O=C(NC[C@@H]1CCN(C2CCCCC2)C1)c1ccc[nH]c1=O. The number of nitrogens with zero attached hydrogens (tertiary/aromatic N) is 1. The molecule has 1 aliphatic heterocycles. The van der Waals surface area contributed by atoms with Crippen molar-refractivity contribution in [2.24, 2.45) is 5.92 Å². The van der Waals surface area contributed by atoms with Gasteiger partial charge in [0.05, 0.1) is 0 Å². The van der Waals surface area contributed by atoms with Crippen LogP contribution in [-0.4, -0.2) is 41.5 Å². The van der Waals surface area contributed by atoms with Crippen LogP contribution in [0.5, 0.6) is 0 Å². The smallest absolute Gasteiger partial charge is 0.260 e. The van der Waals surface area contributed by atoms with Gasteiger partial charge in [-0.15, -0.1) is 0 Å². The summed E-state index contributed by atoms with van der Waals surface area (Å²) in [7, 11) is 0. The van der Waals surface area contributed by atoms with E-state index in [1.807, 2.05) is 0 Å². The van der Waals surface area contributed by atoms with E-state index in [1.165, 1.54) is 38.3 Å². The van der Waals surface area contributed by atoms with Gasteiger partial charge < -0.3 is 15.2 Å². The van der Waals surface area contributed by atoms with Crippen molar-refractivity contribution in [3.8, 4) is 0 Å². The molecule has 2 aliphatic rings. The summed E-state index contributed by atoms with van der Waals surface area (Å²) in [5, 5.41) is 2.92. The second-order valence-corrected chi connectivity index (χ2v) is 6.56. The Kier molecular flexibility index (Phi) is 4.93. The molecule has 1 aliphatic carbocycles. The van der Waals surface area contributed by atoms with Crippen molar-refractivity contribution in [3.63, 3.8) is 0 Å². The van der Waals surface area contributed by atoms with Crippen LogP contribution in [0.3, 0.4) is 0 Å². The number of amides is 1. The second-order valence-electron chi connectivity index (χ2n) is 6.56. The summed E-state index contributed by atoms with van der Waals surface area (Å²) in [5.41, 5.74) is -0.125. The molecule has 0 radical (unpaired) electrons. The standard InChI is InChI=1S/C17H25N3O2/c21-16-15(7-4-9-18-16)17(22)19-11-13-8-10-20(12-13)14-5-2-1-3-6-14/h4,7,9,13-14H,1-3,5-6,8,10-12H2,(H,18,21)(H,19,22)/t13-/m0/s1. The monoisotopic (exact) mass is 303 g/mol. The number of H-pyrrole nitrogens is 1. The average Bonchev–Trinajstić information content (AvgIpc) is 3.03. The van der Waals surface area contributed by atoms with Crippen molar-refractivity contribution in [3.05, 3.63) is 34.2 Å². The first-order chi connectivity index (χ1) is 10.7. The Morgan fingerprint density at radius 1 is 1.27 bits per heavy atom. The van der Waals surface area contributed by atoms with Crippen molar-refractivity contribution >= 4 is 5.91 Å². The number of likely N-dealkylation sites (tertiary alicyclic amines) is 1. The Bertz CT molecular complexity index is 563. The van der Waals surface area contributed by atoms with E-state index >= 15 is 0 Å². The molecule has 0 unspecified atom stereocenters. The zero-order valence-electron chi connectivity index (χ0n) is 13.0. The Hall–Kier alpha value is -1.62. The molecule has 5 nitrogen and oxygen atoms in total. The Labute approximate surface area is 131 Å². The van der Waals surface area contributed by atoms with E-state index in [9.17, 15) is 9.59 Å². The summed E-state index contributed by atoms with van der Waals surface area (Å²) in [6, 6.07) is 4.00. The molecule has 1 aromatic rings. The highest BCUT2D eigenvalue weighted by Crippen LogP contribution is 2.27. The predicted molar refractivity (Wildman–Crippen MR) is 85.9 cm³/mol. The minimum absolute atomic E-state index is 0.199. The molecule has 120 valence electrons. The first-order valence-corrected chi connectivity index (χ1v) is 8.44. The van der Waals surface area contributed by atoms with E-state index in [0.717, 1.165) is 25.6 Å². The maximum absolute atomic E-state index is 12.1. The topological polar surface area (TPSA) is 65.2 Å². The molecular formula is C17H25N3O2. The third-order valence-corrected chi connectivity index (χ3v) is 5.02. The molecule has 2 fully saturated rings. The van der Waals surface area contributed by atoms with Gasteiger partial charge in [0.25, 0.3) is 11.5 Å². The lowest BCUT2D eigenvalue weighted by Gasteiger charge is -2.31. The van der Waals surface area contributed by atoms with Gasteiger partial charge in [0.2, 0.25) is 0 Å². The van der Waals surface area contributed by atoms with Gasteiger partial charge in [0, 0.05) is 25.3 Å². The van der Waals surface area contributed by atoms with E-state index in [1.54, 1.807) is 12.1 Å². The van der Waals surface area contributed by atoms with E-state index in [0.29, 0.717) is 12.5 Å². The number of nitrogens with one attached hydrogen (secondary N) is 2. The Balaban J connectivity index is 1.47. The molecule has 0 spiro atoms. The van der Waals surface area contributed by atoms with Crippen LogP contribution in [0.4, 0.5) is 0 Å². The van der Waals surface area contributed by atoms with Gasteiger partial charge in [-0.25, -0.2) is 0 Å². The molecule has 0 aromatic carbocycles. The number of rotatable bonds is 4. The first kappa shape index (κ1) is 15.3. The van der Waals surface area contributed by atoms with E-state index in [2.05, 4.69) is 15.2 Å². The van der Waals surface area contributed by atoms with Crippen molar-refractivity contribution in [1.82, 2.24) is 15.2 Å². The van der Waals surface area contributed by atoms with Gasteiger partial charge in [0.15, 0.2) is 0 Å². The van der Waals surface area contributed by atoms with Crippen LogP contribution in [0, 0.1) is 5.92 Å². The van der Waals surface area contributed by atoms with Crippen LogP contribution in [0.25, 0.3) is 0 Å². The minimum Gasteiger partial charge on any atom is -0.352 e. The average molecular weight is 303 g/mol. The second kappa shape index (κ2) is 7.09. The molecule has 1 atom stereocenters. The number of carbonyl (C=O) groups excluding carboxylic acids is 1. The molecule has 3 rings (SSSR count). The molecule has 0 bridgehead atoms. The van der Waals surface area contributed by atoms with Crippen molar-refractivity contribution in [2.75, 3.05) is 19.6 Å². The summed E-state index contributed by atoms with van der Waals surface area (Å²) in [6.45, 7) is 2.89. The summed E-state index contributed by atoms with van der Waals surface area (Å²) >= 11 is 0. The molecule has 22 heavy (non-hydrogen) atoms. The van der Waals surface area contributed by atoms with Gasteiger partial charge in [-0.2, -0.15) is 0 Å². The lowest BCUT2D eigenvalue weighted by molar-refractivity contribution is 0.0945. The normalized spacial score (nSPS) is 23.5. The summed E-state index contributed by atoms with van der Waals surface area (Å²) in [5.74, 6) is 0.242. The minimum atomic E-state index is -0.324. The Morgan fingerprint density at radius 3 is 2.86 bits per heavy atom. The zero-order valence-corrected chi connectivity index (χ0v) is 13.0. The fraction of sp³-hybridized carbons (Fsp3) is 0.647. The van der Waals surface area contributed by atoms with Crippen LogP contribution >= 0.6 is 0 Å². The van der Waals surface area contributed by atoms with Gasteiger partial charge in [-0.1, -0.05) is 19.3 Å². The van der Waals surface area contributed by atoms with E-state index < -0.39 is 0 Å². The molecule has 1 aromatic heterocycles. The highest BCUT2D eigenvalue weighted by atomic mass is 16.2. The highest BCUT2D eigenvalue weighted by Gasteiger charge is 2.29. The lowest BCUT2D eigenvalue weighted by atomic mass is 9.94. The van der Waals surface area contributed by atoms with Crippen LogP contribution in [0.1, 0.15) is 48.9 Å². The molecule has 2 N–H and O–H groups in total. The van der Waals surface area contributed by atoms with E-state index in [4.69, 9.17) is 0 Å². The molecular weight excluding hydrogens is 278 g/mol. The fourth-order valence-electron chi connectivity index (χ4n) is 3.74. The van der Waals surface area contributed by atoms with Crippen molar-refractivity contribution in [1.29, 1.82) is 0 Å². The molecule has 2 heterocycles. The van der Waals surface area contributed by atoms with Gasteiger partial charge >= 0.3 is 0 Å². The molecule has 5 heteroatoms. The molecule has 1 saturated heterocycles. The summed E-state index contributed by atoms with van der Waals surface area (Å²) in [6.07, 6.45) is 9.45. The summed E-state index contributed by atoms with van der Waals surface area (Å²) in [4.78, 5) is 28.8. The number of aromatic amines is 1. The number of pyridine rings is 1. The highest BCUT2D eigenvalue weighted by molar-refractivity contribution is 5.93. The number of aromatic nitrogens is 1. The van der Waals surface area contributed by atoms with Crippen LogP contribution in [0.2, 0.25) is 0 Å². The third-order valence-electron chi connectivity index (χ3n) is 5.02. The van der Waals surface area contributed by atoms with Gasteiger partial charge in [0.1, 0.15) is 5.56 Å². The van der Waals surface area contributed by atoms with Crippen LogP contribution in [0.15, 0.2) is 23.1 Å². The third kappa shape index (κ3) is 3.58. The lowest BCUT2D eigenvalue weighted by Crippen LogP contribution is -2.37. The quantitative estimate of drug-likeness (QED) is 0.891. The van der Waals surface area contributed by atoms with Crippen LogP contribution in [-0.2, 0) is 0 Å². The van der Waals surface area contributed by atoms with Gasteiger partial charge in [-0.3, -0.25) is 9.59 Å². The van der Waals surface area contributed by atoms with Crippen molar-refractivity contribution < 1.29 is 4.79 Å².